The van der Waals surface area contributed by atoms with E-state index in [-0.39, 0.29) is 60.0 Å². The van der Waals surface area contributed by atoms with Gasteiger partial charge in [-0.3, -0.25) is 14.3 Å². The minimum Gasteiger partial charge on any atom is -0.487 e. The molecule has 2 aromatic carbocycles. The average Bonchev–Trinajstić information content (AvgIpc) is 3.16. The lowest BCUT2D eigenvalue weighted by molar-refractivity contribution is -0.126. The minimum atomic E-state index is -1.31. The van der Waals surface area contributed by atoms with E-state index < -0.39 is 62.3 Å². The molecule has 1 atom stereocenters. The number of amides is 1. The number of carbonyl (C=O) groups excluding carboxylic acids is 1. The highest BCUT2D eigenvalue weighted by atomic mass is 35.5. The summed E-state index contributed by atoms with van der Waals surface area (Å²) in [7, 11) is 0. The molecule has 2 N–H and O–H groups in total. The lowest BCUT2D eigenvalue weighted by Crippen LogP contribution is -2.56. The van der Waals surface area contributed by atoms with Crippen LogP contribution in [0.4, 0.5) is 24.7 Å². The molecule has 0 aliphatic carbocycles. The van der Waals surface area contributed by atoms with E-state index in [1.807, 2.05) is 13.8 Å². The Morgan fingerprint density at radius 3 is 2.58 bits per heavy atom. The van der Waals surface area contributed by atoms with E-state index in [4.69, 9.17) is 33.7 Å². The number of nitrogens with zero attached hydrogens (tertiary/aromatic N) is 5. The van der Waals surface area contributed by atoms with Gasteiger partial charge in [-0.05, 0) is 36.6 Å². The molecule has 1 unspecified atom stereocenters. The van der Waals surface area contributed by atoms with Crippen LogP contribution in [-0.2, 0) is 4.79 Å². The van der Waals surface area contributed by atoms with Gasteiger partial charge in [-0.2, -0.15) is 4.98 Å². The Kier molecular flexibility index (Phi) is 7.68. The molecular formula is C31H27Cl2F3N6O3. The molecule has 14 heteroatoms. The van der Waals surface area contributed by atoms with Crippen molar-refractivity contribution in [1.82, 2.24) is 19.4 Å². The van der Waals surface area contributed by atoms with Crippen molar-refractivity contribution in [3.63, 3.8) is 0 Å². The lowest BCUT2D eigenvalue weighted by atomic mass is 9.97. The van der Waals surface area contributed by atoms with E-state index in [1.165, 1.54) is 11.0 Å². The molecular weight excluding hydrogens is 632 g/mol. The summed E-state index contributed by atoms with van der Waals surface area (Å²) < 4.78 is 56.6. The Hall–Kier alpha value is -4.29. The highest BCUT2D eigenvalue weighted by Gasteiger charge is 2.39. The van der Waals surface area contributed by atoms with Crippen LogP contribution >= 0.6 is 23.2 Å². The fourth-order valence-corrected chi connectivity index (χ4v) is 6.52. The number of nitrogen functional groups attached to an aromatic ring is 1. The topological polar surface area (TPSA) is 107 Å². The molecule has 2 aromatic heterocycles. The number of fused-ring (bicyclic) bond motifs is 2. The number of anilines is 2. The van der Waals surface area contributed by atoms with Crippen molar-refractivity contribution in [1.29, 1.82) is 0 Å². The molecule has 4 aromatic rings. The third-order valence-electron chi connectivity index (χ3n) is 8.20. The molecule has 0 radical (unpaired) electrons. The van der Waals surface area contributed by atoms with Gasteiger partial charge in [0.1, 0.15) is 17.9 Å². The molecule has 0 bridgehead atoms. The van der Waals surface area contributed by atoms with E-state index in [0.29, 0.717) is 11.3 Å². The van der Waals surface area contributed by atoms with Gasteiger partial charge in [0, 0.05) is 31.4 Å². The summed E-state index contributed by atoms with van der Waals surface area (Å²) in [5, 5.41) is -0.898. The fraction of sp³-hybridized carbons (Fsp3) is 0.290. The maximum absolute atomic E-state index is 17.2. The van der Waals surface area contributed by atoms with Crippen LogP contribution < -0.4 is 21.1 Å². The van der Waals surface area contributed by atoms with E-state index in [1.54, 1.807) is 24.1 Å². The Balaban J connectivity index is 1.78. The summed E-state index contributed by atoms with van der Waals surface area (Å²) in [4.78, 5) is 38.6. The highest BCUT2D eigenvalue weighted by molar-refractivity contribution is 6.37. The van der Waals surface area contributed by atoms with Crippen molar-refractivity contribution in [3.05, 3.63) is 80.2 Å². The number of hydrogen-bond donors (Lipinski definition) is 1. The van der Waals surface area contributed by atoms with Crippen molar-refractivity contribution < 1.29 is 22.7 Å². The van der Waals surface area contributed by atoms with Gasteiger partial charge in [0.2, 0.25) is 5.91 Å². The lowest BCUT2D eigenvalue weighted by Gasteiger charge is -2.40. The molecule has 0 saturated carbocycles. The zero-order valence-corrected chi connectivity index (χ0v) is 25.9. The third kappa shape index (κ3) is 4.69. The molecule has 0 spiro atoms. The second-order valence-electron chi connectivity index (χ2n) is 11.2. The number of pyridine rings is 1. The van der Waals surface area contributed by atoms with E-state index in [9.17, 15) is 9.59 Å². The van der Waals surface area contributed by atoms with E-state index in [0.717, 1.165) is 10.6 Å². The van der Waals surface area contributed by atoms with Crippen molar-refractivity contribution in [2.75, 3.05) is 36.9 Å². The van der Waals surface area contributed by atoms with Gasteiger partial charge in [0.15, 0.2) is 23.2 Å². The maximum Gasteiger partial charge on any atom is 0.354 e. The van der Waals surface area contributed by atoms with Gasteiger partial charge in [-0.1, -0.05) is 43.6 Å². The average molecular weight is 659 g/mol. The molecule has 1 fully saturated rings. The molecule has 234 valence electrons. The van der Waals surface area contributed by atoms with Gasteiger partial charge < -0.3 is 20.3 Å². The first kappa shape index (κ1) is 30.7. The number of carbonyl (C=O) groups is 1. The summed E-state index contributed by atoms with van der Waals surface area (Å²) in [5.74, 6) is -4.87. The van der Waals surface area contributed by atoms with Gasteiger partial charge in [-0.25, -0.2) is 18.0 Å². The summed E-state index contributed by atoms with van der Waals surface area (Å²) >= 11 is 12.2. The first-order valence-electron chi connectivity index (χ1n) is 14.0. The number of nitrogens with two attached hydrogens (primary N) is 1. The third-order valence-corrected chi connectivity index (χ3v) is 8.78. The number of aryl methyl sites for hydroxylation is 1. The van der Waals surface area contributed by atoms with Crippen LogP contribution in [0.1, 0.15) is 31.0 Å². The van der Waals surface area contributed by atoms with Gasteiger partial charge in [-0.15, -0.1) is 0 Å². The molecule has 1 amide bonds. The number of aromatic nitrogens is 3. The maximum atomic E-state index is 17.2. The van der Waals surface area contributed by atoms with Crippen LogP contribution in [0.15, 0.2) is 35.8 Å². The van der Waals surface area contributed by atoms with Crippen LogP contribution in [0.5, 0.6) is 5.75 Å². The van der Waals surface area contributed by atoms with E-state index >= 15 is 13.2 Å². The molecule has 2 aliphatic rings. The second kappa shape index (κ2) is 11.3. The molecule has 2 aliphatic heterocycles. The van der Waals surface area contributed by atoms with E-state index in [2.05, 4.69) is 16.5 Å². The number of piperazine rings is 1. The second-order valence-corrected chi connectivity index (χ2v) is 12.0. The predicted octanol–water partition coefficient (Wildman–Crippen LogP) is 5.78. The Morgan fingerprint density at radius 2 is 1.89 bits per heavy atom. The van der Waals surface area contributed by atoms with Gasteiger partial charge >= 0.3 is 5.69 Å². The van der Waals surface area contributed by atoms with Crippen LogP contribution in [0.3, 0.4) is 0 Å². The smallest absolute Gasteiger partial charge is 0.354 e. The summed E-state index contributed by atoms with van der Waals surface area (Å²) in [6.07, 6.45) is 2.74. The number of hydrogen-bond acceptors (Lipinski definition) is 7. The SMILES string of the molecule is C=CC(=O)N1CCN2c3nc(=O)n(-c4c(C)ccnc4C(C)C)c4c(F)c(-c5c(N)c(Cl)cc(Cl)c5F)c(F)c(c34)OCC2C1. The first-order valence-corrected chi connectivity index (χ1v) is 14.8. The number of ether oxygens (including phenoxy) is 1. The molecule has 9 nitrogen and oxygen atoms in total. The monoisotopic (exact) mass is 658 g/mol. The number of benzene rings is 2. The predicted molar refractivity (Wildman–Crippen MR) is 167 cm³/mol. The molecule has 6 rings (SSSR count). The number of halogens is 5. The summed E-state index contributed by atoms with van der Waals surface area (Å²) in [5.41, 5.74) is 3.92. The van der Waals surface area contributed by atoms with Crippen LogP contribution in [0.25, 0.3) is 27.7 Å². The zero-order chi connectivity index (χ0) is 32.5. The van der Waals surface area contributed by atoms with Gasteiger partial charge in [0.25, 0.3) is 0 Å². The first-order chi connectivity index (χ1) is 21.4. The van der Waals surface area contributed by atoms with Crippen LogP contribution in [0.2, 0.25) is 10.0 Å². The largest absolute Gasteiger partial charge is 0.487 e. The molecule has 45 heavy (non-hydrogen) atoms. The Morgan fingerprint density at radius 1 is 1.16 bits per heavy atom. The molecule has 1 saturated heterocycles. The van der Waals surface area contributed by atoms with Crippen molar-refractivity contribution in [3.8, 4) is 22.6 Å². The Bertz CT molecular complexity index is 1970. The summed E-state index contributed by atoms with van der Waals surface area (Å²) in [6, 6.07) is 2.08. The number of rotatable bonds is 4. The van der Waals surface area contributed by atoms with Crippen LogP contribution in [0, 0.1) is 24.4 Å². The summed E-state index contributed by atoms with van der Waals surface area (Å²) in [6.45, 7) is 9.31. The Labute approximate surface area is 265 Å². The zero-order valence-electron chi connectivity index (χ0n) is 24.4. The quantitative estimate of drug-likeness (QED) is 0.168. The van der Waals surface area contributed by atoms with Crippen molar-refractivity contribution in [2.45, 2.75) is 32.7 Å². The van der Waals surface area contributed by atoms with Crippen molar-refractivity contribution >= 4 is 51.5 Å². The fourth-order valence-electron chi connectivity index (χ4n) is 6.06. The molecule has 4 heterocycles. The normalized spacial score (nSPS) is 16.1. The van der Waals surface area contributed by atoms with Gasteiger partial charge in [0.05, 0.1) is 44.1 Å². The standard InChI is InChI=1S/C31H27Cl2F3N6O3/c1-5-18(43)40-8-9-41-15(11-40)12-45-29-21-28(23(35)19(24(29)36)20-22(34)16(32)10-17(33)25(20)37)42(31(44)39-30(21)41)27-14(4)6-7-38-26(27)13(2)3/h5-7,10,13,15H,1,8-9,11-12,37H2,2-4H3. The highest BCUT2D eigenvalue weighted by Crippen LogP contribution is 2.48. The van der Waals surface area contributed by atoms with Crippen molar-refractivity contribution in [2.24, 2.45) is 0 Å². The minimum absolute atomic E-state index is 0.0380. The van der Waals surface area contributed by atoms with Crippen LogP contribution in [-0.4, -0.2) is 57.6 Å².